The van der Waals surface area contributed by atoms with Crippen LogP contribution in [0.4, 0.5) is 10.5 Å². The number of aromatic nitrogens is 2. The van der Waals surface area contributed by atoms with E-state index in [9.17, 15) is 4.79 Å². The number of rotatable bonds is 5. The first-order valence-corrected chi connectivity index (χ1v) is 6.88. The molecule has 0 atom stereocenters. The second-order valence-electron chi connectivity index (χ2n) is 4.13. The zero-order valence-electron chi connectivity index (χ0n) is 10.6. The molecule has 20 heavy (non-hydrogen) atoms. The Morgan fingerprint density at radius 2 is 2.15 bits per heavy atom. The van der Waals surface area contributed by atoms with Crippen molar-refractivity contribution in [3.05, 3.63) is 46.7 Å². The largest absolute Gasteiger partial charge is 0.338 e. The Morgan fingerprint density at radius 1 is 1.30 bits per heavy atom. The van der Waals surface area contributed by atoms with Crippen LogP contribution in [0.1, 0.15) is 6.42 Å². The molecular formula is C13H14Cl2N4O. The third-order valence-corrected chi connectivity index (χ3v) is 3.33. The summed E-state index contributed by atoms with van der Waals surface area (Å²) in [5.74, 6) is 0. The maximum atomic E-state index is 11.6. The highest BCUT2D eigenvalue weighted by atomic mass is 35.5. The number of benzene rings is 1. The van der Waals surface area contributed by atoms with E-state index in [1.807, 2.05) is 16.9 Å². The SMILES string of the molecule is O=C(NCCCn1cccn1)Nc1ccc(Cl)c(Cl)c1. The van der Waals surface area contributed by atoms with E-state index in [2.05, 4.69) is 15.7 Å². The zero-order chi connectivity index (χ0) is 14.4. The number of aryl methyl sites for hydroxylation is 1. The van der Waals surface area contributed by atoms with Gasteiger partial charge in [-0.1, -0.05) is 23.2 Å². The van der Waals surface area contributed by atoms with Crippen LogP contribution in [0.15, 0.2) is 36.7 Å². The third-order valence-electron chi connectivity index (χ3n) is 2.59. The number of nitrogens with zero attached hydrogens (tertiary/aromatic N) is 2. The van der Waals surface area contributed by atoms with Crippen molar-refractivity contribution in [3.63, 3.8) is 0 Å². The monoisotopic (exact) mass is 312 g/mol. The van der Waals surface area contributed by atoms with Crippen molar-refractivity contribution in [1.82, 2.24) is 15.1 Å². The second-order valence-corrected chi connectivity index (χ2v) is 4.95. The fraction of sp³-hybridized carbons (Fsp3) is 0.231. The van der Waals surface area contributed by atoms with Gasteiger partial charge in [0.1, 0.15) is 0 Å². The Hall–Kier alpha value is -1.72. The van der Waals surface area contributed by atoms with Gasteiger partial charge in [0.2, 0.25) is 0 Å². The molecule has 0 fully saturated rings. The molecule has 2 amide bonds. The number of urea groups is 1. The number of hydrogen-bond acceptors (Lipinski definition) is 2. The number of carbonyl (C=O) groups excluding carboxylic acids is 1. The van der Waals surface area contributed by atoms with Gasteiger partial charge in [0.25, 0.3) is 0 Å². The van der Waals surface area contributed by atoms with Crippen molar-refractivity contribution in [2.45, 2.75) is 13.0 Å². The van der Waals surface area contributed by atoms with Gasteiger partial charge >= 0.3 is 6.03 Å². The van der Waals surface area contributed by atoms with Crippen molar-refractivity contribution in [2.24, 2.45) is 0 Å². The van der Waals surface area contributed by atoms with E-state index in [0.717, 1.165) is 13.0 Å². The van der Waals surface area contributed by atoms with Crippen LogP contribution in [0, 0.1) is 0 Å². The lowest BCUT2D eigenvalue weighted by atomic mass is 10.3. The average Bonchev–Trinajstić information content (AvgIpc) is 2.92. The van der Waals surface area contributed by atoms with Gasteiger partial charge in [0.05, 0.1) is 10.0 Å². The van der Waals surface area contributed by atoms with Gasteiger partial charge in [0.15, 0.2) is 0 Å². The molecule has 1 aromatic carbocycles. The van der Waals surface area contributed by atoms with Crippen LogP contribution >= 0.6 is 23.2 Å². The lowest BCUT2D eigenvalue weighted by Crippen LogP contribution is -2.30. The summed E-state index contributed by atoms with van der Waals surface area (Å²) >= 11 is 11.7. The van der Waals surface area contributed by atoms with Gasteiger partial charge < -0.3 is 10.6 Å². The van der Waals surface area contributed by atoms with Crippen LogP contribution in [0.25, 0.3) is 0 Å². The standard InChI is InChI=1S/C13H14Cl2N4O/c14-11-4-3-10(9-12(11)15)18-13(20)16-5-1-7-19-8-2-6-17-19/h2-4,6,8-9H,1,5,7H2,(H2,16,18,20). The molecule has 0 spiro atoms. The lowest BCUT2D eigenvalue weighted by molar-refractivity contribution is 0.251. The van der Waals surface area contributed by atoms with Crippen molar-refractivity contribution >= 4 is 34.9 Å². The quantitative estimate of drug-likeness (QED) is 0.831. The molecule has 0 saturated heterocycles. The highest BCUT2D eigenvalue weighted by Crippen LogP contribution is 2.24. The first-order valence-electron chi connectivity index (χ1n) is 6.12. The number of halogens is 2. The molecule has 0 aliphatic rings. The second kappa shape index (κ2) is 7.17. The number of hydrogen-bond donors (Lipinski definition) is 2. The molecule has 0 aliphatic heterocycles. The van der Waals surface area contributed by atoms with Gasteiger partial charge in [-0.05, 0) is 30.7 Å². The Morgan fingerprint density at radius 3 is 2.85 bits per heavy atom. The van der Waals surface area contributed by atoms with Crippen LogP contribution < -0.4 is 10.6 Å². The Balaban J connectivity index is 1.71. The molecular weight excluding hydrogens is 299 g/mol. The summed E-state index contributed by atoms with van der Waals surface area (Å²) in [6.07, 6.45) is 4.41. The Kier molecular flexibility index (Phi) is 5.26. The van der Waals surface area contributed by atoms with Gasteiger partial charge in [-0.2, -0.15) is 5.10 Å². The lowest BCUT2D eigenvalue weighted by Gasteiger charge is -2.08. The molecule has 0 aliphatic carbocycles. The summed E-state index contributed by atoms with van der Waals surface area (Å²) in [4.78, 5) is 11.6. The summed E-state index contributed by atoms with van der Waals surface area (Å²) in [7, 11) is 0. The third kappa shape index (κ3) is 4.43. The summed E-state index contributed by atoms with van der Waals surface area (Å²) in [5.41, 5.74) is 0.601. The highest BCUT2D eigenvalue weighted by molar-refractivity contribution is 6.42. The van der Waals surface area contributed by atoms with Crippen molar-refractivity contribution in [3.8, 4) is 0 Å². The molecule has 7 heteroatoms. The molecule has 2 N–H and O–H groups in total. The van der Waals surface area contributed by atoms with Crippen molar-refractivity contribution < 1.29 is 4.79 Å². The number of nitrogens with one attached hydrogen (secondary N) is 2. The molecule has 0 saturated carbocycles. The fourth-order valence-corrected chi connectivity index (χ4v) is 1.92. The minimum atomic E-state index is -0.274. The summed E-state index contributed by atoms with van der Waals surface area (Å²) in [6.45, 7) is 1.33. The average molecular weight is 313 g/mol. The molecule has 106 valence electrons. The van der Waals surface area contributed by atoms with Crippen LogP contribution in [-0.4, -0.2) is 22.4 Å². The van der Waals surface area contributed by atoms with E-state index < -0.39 is 0 Å². The number of carbonyl (C=O) groups is 1. The zero-order valence-corrected chi connectivity index (χ0v) is 12.2. The van der Waals surface area contributed by atoms with Crippen LogP contribution in [0.5, 0.6) is 0 Å². The molecule has 5 nitrogen and oxygen atoms in total. The fourth-order valence-electron chi connectivity index (χ4n) is 1.62. The Labute approximate surface area is 126 Å². The van der Waals surface area contributed by atoms with Gasteiger partial charge in [-0.15, -0.1) is 0 Å². The first-order chi connectivity index (χ1) is 9.65. The molecule has 1 aromatic heterocycles. The normalized spacial score (nSPS) is 10.3. The van der Waals surface area contributed by atoms with Crippen molar-refractivity contribution in [2.75, 3.05) is 11.9 Å². The maximum Gasteiger partial charge on any atom is 0.319 e. The van der Waals surface area contributed by atoms with Gasteiger partial charge in [-0.3, -0.25) is 4.68 Å². The summed E-state index contributed by atoms with van der Waals surface area (Å²) < 4.78 is 1.82. The van der Waals surface area contributed by atoms with Crippen molar-refractivity contribution in [1.29, 1.82) is 0 Å². The maximum absolute atomic E-state index is 11.6. The van der Waals surface area contributed by atoms with Gasteiger partial charge in [0, 0.05) is 31.2 Å². The molecule has 0 radical (unpaired) electrons. The van der Waals surface area contributed by atoms with E-state index in [1.165, 1.54) is 0 Å². The van der Waals surface area contributed by atoms with E-state index in [1.54, 1.807) is 24.4 Å². The highest BCUT2D eigenvalue weighted by Gasteiger charge is 2.03. The molecule has 2 aromatic rings. The molecule has 0 bridgehead atoms. The summed E-state index contributed by atoms with van der Waals surface area (Å²) in [6, 6.07) is 6.52. The first kappa shape index (κ1) is 14.7. The molecule has 0 unspecified atom stereocenters. The van der Waals surface area contributed by atoms with E-state index in [-0.39, 0.29) is 6.03 Å². The number of anilines is 1. The van der Waals surface area contributed by atoms with Crippen LogP contribution in [0.2, 0.25) is 10.0 Å². The summed E-state index contributed by atoms with van der Waals surface area (Å²) in [5, 5.41) is 10.4. The van der Waals surface area contributed by atoms with E-state index in [0.29, 0.717) is 22.3 Å². The molecule has 2 rings (SSSR count). The van der Waals surface area contributed by atoms with Crippen LogP contribution in [0.3, 0.4) is 0 Å². The van der Waals surface area contributed by atoms with Gasteiger partial charge in [-0.25, -0.2) is 4.79 Å². The predicted molar refractivity (Wildman–Crippen MR) is 80.3 cm³/mol. The predicted octanol–water partition coefficient (Wildman–Crippen LogP) is 3.40. The molecule has 1 heterocycles. The van der Waals surface area contributed by atoms with Crippen LogP contribution in [-0.2, 0) is 6.54 Å². The minimum Gasteiger partial charge on any atom is -0.338 e. The minimum absolute atomic E-state index is 0.274. The number of amides is 2. The van der Waals surface area contributed by atoms with E-state index in [4.69, 9.17) is 23.2 Å². The van der Waals surface area contributed by atoms with E-state index >= 15 is 0 Å². The smallest absolute Gasteiger partial charge is 0.319 e. The topological polar surface area (TPSA) is 59.0 Å². The Bertz CT molecular complexity index is 572.